The van der Waals surface area contributed by atoms with Gasteiger partial charge in [-0.15, -0.1) is 10.2 Å². The average Bonchev–Trinajstić information content (AvgIpc) is 3.24. The normalized spacial score (nSPS) is 12.4. The smallest absolute Gasteiger partial charge is 0.387 e. The van der Waals surface area contributed by atoms with Crippen LogP contribution in [0.4, 0.5) is 8.78 Å². The molecule has 7 nitrogen and oxygen atoms in total. The molecule has 28 heavy (non-hydrogen) atoms. The van der Waals surface area contributed by atoms with Gasteiger partial charge in [0.1, 0.15) is 0 Å². The predicted molar refractivity (Wildman–Crippen MR) is 101 cm³/mol. The molecule has 3 aromatic rings. The fourth-order valence-electron chi connectivity index (χ4n) is 2.73. The van der Waals surface area contributed by atoms with Crippen LogP contribution in [0, 0.1) is 13.8 Å². The summed E-state index contributed by atoms with van der Waals surface area (Å²) >= 11 is 3.51. The number of alkyl halides is 2. The molecular weight excluding hydrogens is 438 g/mol. The van der Waals surface area contributed by atoms with Crippen LogP contribution in [0.1, 0.15) is 30.1 Å². The summed E-state index contributed by atoms with van der Waals surface area (Å²) in [6, 6.07) is 4.44. The first-order chi connectivity index (χ1) is 13.3. The number of nitrogens with zero attached hydrogens (tertiary/aromatic N) is 4. The van der Waals surface area contributed by atoms with Gasteiger partial charge in [0.15, 0.2) is 11.5 Å². The van der Waals surface area contributed by atoms with Gasteiger partial charge in [-0.2, -0.15) is 13.9 Å². The van der Waals surface area contributed by atoms with Crippen LogP contribution in [0.15, 0.2) is 27.1 Å². The maximum absolute atomic E-state index is 12.5. The monoisotopic (exact) mass is 456 g/mol. The number of halogens is 3. The molecule has 0 saturated heterocycles. The molecule has 1 unspecified atom stereocenters. The summed E-state index contributed by atoms with van der Waals surface area (Å²) < 4.78 is 43.1. The Bertz CT molecular complexity index is 974. The molecule has 150 valence electrons. The van der Waals surface area contributed by atoms with Crippen LogP contribution in [0.2, 0.25) is 0 Å². The van der Waals surface area contributed by atoms with Crippen LogP contribution in [0.5, 0.6) is 11.5 Å². The van der Waals surface area contributed by atoms with Gasteiger partial charge >= 0.3 is 6.61 Å². The van der Waals surface area contributed by atoms with E-state index in [0.29, 0.717) is 18.0 Å². The Hall–Kier alpha value is -2.49. The van der Waals surface area contributed by atoms with Crippen molar-refractivity contribution in [1.29, 1.82) is 0 Å². The van der Waals surface area contributed by atoms with Crippen LogP contribution in [-0.2, 0) is 6.54 Å². The average molecular weight is 457 g/mol. The van der Waals surface area contributed by atoms with Crippen LogP contribution in [-0.4, -0.2) is 33.7 Å². The lowest BCUT2D eigenvalue weighted by molar-refractivity contribution is -0.0512. The Morgan fingerprint density at radius 1 is 1.21 bits per heavy atom. The fraction of sp³-hybridized carbons (Fsp3) is 0.389. The molecule has 1 aromatic carbocycles. The highest BCUT2D eigenvalue weighted by Gasteiger charge is 2.19. The molecule has 0 amide bonds. The molecule has 0 aliphatic carbocycles. The van der Waals surface area contributed by atoms with E-state index in [1.54, 1.807) is 6.07 Å². The lowest BCUT2D eigenvalue weighted by Crippen LogP contribution is -2.09. The van der Waals surface area contributed by atoms with Crippen molar-refractivity contribution in [1.82, 2.24) is 20.0 Å². The van der Waals surface area contributed by atoms with Gasteiger partial charge in [-0.1, -0.05) is 6.92 Å². The number of methoxy groups -OCH3 is 1. The summed E-state index contributed by atoms with van der Waals surface area (Å²) in [5, 5.41) is 12.7. The lowest BCUT2D eigenvalue weighted by atomic mass is 10.2. The zero-order chi connectivity index (χ0) is 20.4. The minimum absolute atomic E-state index is 0.0653. The highest BCUT2D eigenvalue weighted by molar-refractivity contribution is 9.10. The van der Waals surface area contributed by atoms with Gasteiger partial charge in [0, 0.05) is 11.3 Å². The highest BCUT2D eigenvalue weighted by Crippen LogP contribution is 2.33. The van der Waals surface area contributed by atoms with E-state index in [4.69, 9.17) is 9.15 Å². The summed E-state index contributed by atoms with van der Waals surface area (Å²) in [6.45, 7) is 3.50. The predicted octanol–water partition coefficient (Wildman–Crippen LogP) is 4.73. The molecule has 0 saturated carbocycles. The Balaban J connectivity index is 1.80. The summed E-state index contributed by atoms with van der Waals surface area (Å²) in [5.74, 6) is 0.723. The summed E-state index contributed by atoms with van der Waals surface area (Å²) in [5.41, 5.74) is 2.47. The van der Waals surface area contributed by atoms with Gasteiger partial charge in [0.25, 0.3) is 0 Å². The minimum atomic E-state index is -2.94. The van der Waals surface area contributed by atoms with E-state index in [9.17, 15) is 8.78 Å². The number of benzene rings is 1. The zero-order valence-corrected chi connectivity index (χ0v) is 17.3. The lowest BCUT2D eigenvalue weighted by Gasteiger charge is -2.10. The van der Waals surface area contributed by atoms with Gasteiger partial charge in [-0.3, -0.25) is 4.68 Å². The number of hydrogen-bond donors (Lipinski definition) is 0. The van der Waals surface area contributed by atoms with Crippen molar-refractivity contribution in [2.24, 2.45) is 0 Å². The minimum Gasteiger partial charge on any atom is -0.493 e. The van der Waals surface area contributed by atoms with Crippen molar-refractivity contribution in [3.05, 3.63) is 40.0 Å². The molecule has 10 heteroatoms. The van der Waals surface area contributed by atoms with Crippen molar-refractivity contribution in [3.8, 4) is 23.0 Å². The maximum Gasteiger partial charge on any atom is 0.387 e. The topological polar surface area (TPSA) is 75.2 Å². The van der Waals surface area contributed by atoms with Crippen molar-refractivity contribution in [3.63, 3.8) is 0 Å². The molecule has 0 aliphatic rings. The fourth-order valence-corrected chi connectivity index (χ4v) is 3.02. The quantitative estimate of drug-likeness (QED) is 0.511. The number of aromatic nitrogens is 4. The second-order valence-corrected chi connectivity index (χ2v) is 7.05. The molecule has 0 spiro atoms. The summed E-state index contributed by atoms with van der Waals surface area (Å²) in [4.78, 5) is 0. The first-order valence-corrected chi connectivity index (χ1v) is 9.25. The van der Waals surface area contributed by atoms with E-state index in [-0.39, 0.29) is 23.3 Å². The number of ether oxygens (including phenoxy) is 2. The van der Waals surface area contributed by atoms with Gasteiger partial charge < -0.3 is 13.9 Å². The van der Waals surface area contributed by atoms with Gasteiger partial charge in [-0.05, 0) is 48.0 Å². The Kier molecular flexibility index (Phi) is 5.97. The second kappa shape index (κ2) is 8.26. The van der Waals surface area contributed by atoms with Gasteiger partial charge in [0.2, 0.25) is 11.8 Å². The van der Waals surface area contributed by atoms with E-state index in [1.165, 1.54) is 19.2 Å². The molecule has 2 heterocycles. The van der Waals surface area contributed by atoms with E-state index < -0.39 is 6.61 Å². The van der Waals surface area contributed by atoms with Gasteiger partial charge in [0.05, 0.1) is 29.7 Å². The van der Waals surface area contributed by atoms with Crippen LogP contribution in [0.3, 0.4) is 0 Å². The number of hydrogen-bond acceptors (Lipinski definition) is 6. The summed E-state index contributed by atoms with van der Waals surface area (Å²) in [7, 11) is 1.37. The van der Waals surface area contributed by atoms with Crippen LogP contribution < -0.4 is 9.47 Å². The van der Waals surface area contributed by atoms with Crippen LogP contribution >= 0.6 is 15.9 Å². The third-order valence-electron chi connectivity index (χ3n) is 4.23. The number of aryl methyl sites for hydroxylation is 1. The molecule has 2 aromatic heterocycles. The molecule has 0 bridgehead atoms. The highest BCUT2D eigenvalue weighted by atomic mass is 79.9. The SMILES string of the molecule is COc1cc(-c2nnc(C(C)Cn3nc(C)c(Br)c3C)o2)ccc1OC(F)F. The van der Waals surface area contributed by atoms with Crippen molar-refractivity contribution in [2.75, 3.05) is 7.11 Å². The zero-order valence-electron chi connectivity index (χ0n) is 15.7. The van der Waals surface area contributed by atoms with Crippen molar-refractivity contribution in [2.45, 2.75) is 39.8 Å². The van der Waals surface area contributed by atoms with Crippen molar-refractivity contribution >= 4 is 15.9 Å². The first kappa shape index (κ1) is 20.2. The second-order valence-electron chi connectivity index (χ2n) is 6.26. The van der Waals surface area contributed by atoms with E-state index >= 15 is 0 Å². The van der Waals surface area contributed by atoms with Crippen LogP contribution in [0.25, 0.3) is 11.5 Å². The molecule has 0 aliphatic heterocycles. The van der Waals surface area contributed by atoms with Crippen molar-refractivity contribution < 1.29 is 22.7 Å². The molecule has 0 fully saturated rings. The third kappa shape index (κ3) is 4.16. The largest absolute Gasteiger partial charge is 0.493 e. The Morgan fingerprint density at radius 3 is 2.57 bits per heavy atom. The summed E-state index contributed by atoms with van der Waals surface area (Å²) in [6.07, 6.45) is 0. The third-order valence-corrected chi connectivity index (χ3v) is 5.38. The van der Waals surface area contributed by atoms with E-state index in [1.807, 2.05) is 25.5 Å². The van der Waals surface area contributed by atoms with E-state index in [2.05, 4.69) is 36.0 Å². The maximum atomic E-state index is 12.5. The Labute approximate surface area is 168 Å². The molecule has 1 atom stereocenters. The standard InChI is InChI=1S/C18H19BrF2N4O3/c1-9(8-25-11(3)15(19)10(2)24-25)16-22-23-17(28-16)12-5-6-13(27-18(20)21)14(7-12)26-4/h5-7,9,18H,8H2,1-4H3. The molecule has 3 rings (SSSR count). The number of rotatable bonds is 7. The molecule has 0 N–H and O–H groups in total. The van der Waals surface area contributed by atoms with E-state index in [0.717, 1.165) is 15.9 Å². The molecule has 0 radical (unpaired) electrons. The molecular formula is C18H19BrF2N4O3. The van der Waals surface area contributed by atoms with Gasteiger partial charge in [-0.25, -0.2) is 0 Å². The first-order valence-electron chi connectivity index (χ1n) is 8.46. The Morgan fingerprint density at radius 2 is 1.96 bits per heavy atom.